The van der Waals surface area contributed by atoms with E-state index in [0.717, 1.165) is 50.9 Å². The van der Waals surface area contributed by atoms with E-state index in [4.69, 9.17) is 9.15 Å². The van der Waals surface area contributed by atoms with Crippen molar-refractivity contribution in [2.75, 3.05) is 52.5 Å². The maximum atomic E-state index is 12.2. The molecule has 1 amide bonds. The zero-order valence-corrected chi connectivity index (χ0v) is 14.5. The Kier molecular flexibility index (Phi) is 7.08. The SMILES string of the molecule is CCN(CC)CC(=O)NCC(c1ccc(C)o1)N1CCOCC1. The minimum Gasteiger partial charge on any atom is -0.465 e. The Morgan fingerprint density at radius 1 is 1.30 bits per heavy atom. The molecule has 2 rings (SSSR count). The van der Waals surface area contributed by atoms with Crippen molar-refractivity contribution < 1.29 is 13.9 Å². The molecule has 1 N–H and O–H groups in total. The summed E-state index contributed by atoms with van der Waals surface area (Å²) in [7, 11) is 0. The second-order valence-corrected chi connectivity index (χ2v) is 5.88. The van der Waals surface area contributed by atoms with E-state index in [2.05, 4.69) is 29.0 Å². The number of carbonyl (C=O) groups is 1. The van der Waals surface area contributed by atoms with E-state index < -0.39 is 0 Å². The molecule has 0 spiro atoms. The van der Waals surface area contributed by atoms with Crippen molar-refractivity contribution in [1.82, 2.24) is 15.1 Å². The highest BCUT2D eigenvalue weighted by molar-refractivity contribution is 5.78. The molecule has 2 heterocycles. The average molecular weight is 323 g/mol. The number of carbonyl (C=O) groups excluding carboxylic acids is 1. The number of amides is 1. The zero-order chi connectivity index (χ0) is 16.7. The van der Waals surface area contributed by atoms with Gasteiger partial charge in [0.1, 0.15) is 11.5 Å². The van der Waals surface area contributed by atoms with Crippen molar-refractivity contribution in [3.8, 4) is 0 Å². The first-order valence-electron chi connectivity index (χ1n) is 8.51. The number of hydrogen-bond donors (Lipinski definition) is 1. The zero-order valence-electron chi connectivity index (χ0n) is 14.5. The number of nitrogens with zero attached hydrogens (tertiary/aromatic N) is 2. The summed E-state index contributed by atoms with van der Waals surface area (Å²) < 4.78 is 11.2. The molecule has 6 heteroatoms. The van der Waals surface area contributed by atoms with Gasteiger partial charge in [0, 0.05) is 19.6 Å². The molecule has 1 fully saturated rings. The second kappa shape index (κ2) is 9.05. The maximum Gasteiger partial charge on any atom is 0.234 e. The molecule has 0 bridgehead atoms. The lowest BCUT2D eigenvalue weighted by Crippen LogP contribution is -2.45. The smallest absolute Gasteiger partial charge is 0.234 e. The first-order valence-corrected chi connectivity index (χ1v) is 8.51. The van der Waals surface area contributed by atoms with Crippen molar-refractivity contribution in [2.45, 2.75) is 26.8 Å². The first-order chi connectivity index (χ1) is 11.1. The Morgan fingerprint density at radius 2 is 2.00 bits per heavy atom. The highest BCUT2D eigenvalue weighted by Crippen LogP contribution is 2.23. The molecule has 1 aliphatic rings. The Hall–Kier alpha value is -1.37. The summed E-state index contributed by atoms with van der Waals surface area (Å²) in [6, 6.07) is 4.04. The highest BCUT2D eigenvalue weighted by Gasteiger charge is 2.25. The second-order valence-electron chi connectivity index (χ2n) is 5.88. The third-order valence-electron chi connectivity index (χ3n) is 4.33. The van der Waals surface area contributed by atoms with Crippen LogP contribution in [0.25, 0.3) is 0 Å². The summed E-state index contributed by atoms with van der Waals surface area (Å²) in [5.74, 6) is 1.87. The van der Waals surface area contributed by atoms with Crippen molar-refractivity contribution >= 4 is 5.91 Å². The molecule has 130 valence electrons. The van der Waals surface area contributed by atoms with E-state index in [9.17, 15) is 4.79 Å². The van der Waals surface area contributed by atoms with Crippen LogP contribution in [0.15, 0.2) is 16.5 Å². The molecule has 23 heavy (non-hydrogen) atoms. The fourth-order valence-corrected chi connectivity index (χ4v) is 2.85. The molecule has 0 saturated carbocycles. The van der Waals surface area contributed by atoms with Crippen molar-refractivity contribution in [2.24, 2.45) is 0 Å². The van der Waals surface area contributed by atoms with Crippen molar-refractivity contribution in [3.63, 3.8) is 0 Å². The van der Waals surface area contributed by atoms with E-state index in [1.807, 2.05) is 19.1 Å². The third-order valence-corrected chi connectivity index (χ3v) is 4.33. The molecule has 1 atom stereocenters. The van der Waals surface area contributed by atoms with Crippen LogP contribution >= 0.6 is 0 Å². The predicted octanol–water partition coefficient (Wildman–Crippen LogP) is 1.42. The van der Waals surface area contributed by atoms with E-state index in [0.29, 0.717) is 13.1 Å². The summed E-state index contributed by atoms with van der Waals surface area (Å²) in [4.78, 5) is 16.6. The van der Waals surface area contributed by atoms with Crippen LogP contribution < -0.4 is 5.32 Å². The summed E-state index contributed by atoms with van der Waals surface area (Å²) in [5, 5.41) is 3.06. The van der Waals surface area contributed by atoms with Gasteiger partial charge in [-0.2, -0.15) is 0 Å². The number of morpholine rings is 1. The van der Waals surface area contributed by atoms with Crippen LogP contribution in [0.3, 0.4) is 0 Å². The minimum atomic E-state index is 0.0632. The molecule has 1 aromatic rings. The van der Waals surface area contributed by atoms with Crippen LogP contribution in [-0.4, -0.2) is 68.2 Å². The van der Waals surface area contributed by atoms with Crippen LogP contribution in [0.4, 0.5) is 0 Å². The van der Waals surface area contributed by atoms with E-state index >= 15 is 0 Å². The highest BCUT2D eigenvalue weighted by atomic mass is 16.5. The lowest BCUT2D eigenvalue weighted by atomic mass is 10.1. The standard InChI is InChI=1S/C17H29N3O3/c1-4-19(5-2)13-17(21)18-12-15(16-7-6-14(3)23-16)20-8-10-22-11-9-20/h6-7,15H,4-5,8-13H2,1-3H3,(H,18,21). The molecule has 6 nitrogen and oxygen atoms in total. The number of nitrogens with one attached hydrogen (secondary N) is 1. The van der Waals surface area contributed by atoms with Crippen LogP contribution in [0.1, 0.15) is 31.4 Å². The Morgan fingerprint density at radius 3 is 2.57 bits per heavy atom. The van der Waals surface area contributed by atoms with Crippen molar-refractivity contribution in [3.05, 3.63) is 23.7 Å². The van der Waals surface area contributed by atoms with Gasteiger partial charge in [0.05, 0.1) is 25.8 Å². The molecular formula is C17H29N3O3. The van der Waals surface area contributed by atoms with Crippen LogP contribution in [-0.2, 0) is 9.53 Å². The molecule has 1 saturated heterocycles. The summed E-state index contributed by atoms with van der Waals surface area (Å²) in [5.41, 5.74) is 0. The molecule has 1 aromatic heterocycles. The predicted molar refractivity (Wildman–Crippen MR) is 89.4 cm³/mol. The third kappa shape index (κ3) is 5.34. The van der Waals surface area contributed by atoms with Gasteiger partial charge in [0.2, 0.25) is 5.91 Å². The first kappa shape index (κ1) is 18.0. The van der Waals surface area contributed by atoms with Crippen LogP contribution in [0.5, 0.6) is 0 Å². The quantitative estimate of drug-likeness (QED) is 0.784. The molecular weight excluding hydrogens is 294 g/mol. The molecule has 0 aliphatic carbocycles. The Balaban J connectivity index is 1.96. The fourth-order valence-electron chi connectivity index (χ4n) is 2.85. The lowest BCUT2D eigenvalue weighted by Gasteiger charge is -2.33. The normalized spacial score (nSPS) is 17.4. The van der Waals surface area contributed by atoms with Gasteiger partial charge in [0.25, 0.3) is 0 Å². The number of furan rings is 1. The Bertz CT molecular complexity index is 479. The number of aryl methyl sites for hydroxylation is 1. The topological polar surface area (TPSA) is 58.0 Å². The number of ether oxygens (including phenoxy) is 1. The minimum absolute atomic E-state index is 0.0632. The summed E-state index contributed by atoms with van der Waals surface area (Å²) in [6.07, 6.45) is 0. The summed E-state index contributed by atoms with van der Waals surface area (Å²) in [6.45, 7) is 12.0. The van der Waals surface area contributed by atoms with Gasteiger partial charge in [-0.3, -0.25) is 14.6 Å². The van der Waals surface area contributed by atoms with Gasteiger partial charge in [-0.05, 0) is 32.1 Å². The molecule has 0 radical (unpaired) electrons. The van der Waals surface area contributed by atoms with E-state index in [-0.39, 0.29) is 11.9 Å². The Labute approximate surface area is 138 Å². The van der Waals surface area contributed by atoms with Gasteiger partial charge in [0.15, 0.2) is 0 Å². The molecule has 1 unspecified atom stereocenters. The van der Waals surface area contributed by atoms with Gasteiger partial charge in [-0.25, -0.2) is 0 Å². The molecule has 1 aliphatic heterocycles. The maximum absolute atomic E-state index is 12.2. The largest absolute Gasteiger partial charge is 0.465 e. The lowest BCUT2D eigenvalue weighted by molar-refractivity contribution is -0.122. The fraction of sp³-hybridized carbons (Fsp3) is 0.706. The summed E-state index contributed by atoms with van der Waals surface area (Å²) >= 11 is 0. The van der Waals surface area contributed by atoms with Crippen LogP contribution in [0, 0.1) is 6.92 Å². The number of hydrogen-bond acceptors (Lipinski definition) is 5. The number of likely N-dealkylation sites (N-methyl/N-ethyl adjacent to an activating group) is 1. The van der Waals surface area contributed by atoms with Gasteiger partial charge >= 0.3 is 0 Å². The van der Waals surface area contributed by atoms with E-state index in [1.54, 1.807) is 0 Å². The van der Waals surface area contributed by atoms with Crippen molar-refractivity contribution in [1.29, 1.82) is 0 Å². The van der Waals surface area contributed by atoms with Gasteiger partial charge in [-0.1, -0.05) is 13.8 Å². The monoisotopic (exact) mass is 323 g/mol. The van der Waals surface area contributed by atoms with Crippen LogP contribution in [0.2, 0.25) is 0 Å². The number of rotatable bonds is 8. The average Bonchev–Trinajstić information content (AvgIpc) is 3.00. The molecule has 0 aromatic carbocycles. The van der Waals surface area contributed by atoms with E-state index in [1.165, 1.54) is 0 Å². The van der Waals surface area contributed by atoms with Gasteiger partial charge < -0.3 is 14.5 Å². The van der Waals surface area contributed by atoms with Gasteiger partial charge in [-0.15, -0.1) is 0 Å².